The van der Waals surface area contributed by atoms with Gasteiger partial charge in [-0.1, -0.05) is 17.7 Å². The normalized spacial score (nSPS) is 10.8. The first-order chi connectivity index (χ1) is 9.95. The second-order valence-electron chi connectivity index (χ2n) is 4.40. The Kier molecular flexibility index (Phi) is 4.33. The summed E-state index contributed by atoms with van der Waals surface area (Å²) < 4.78 is 32.9. The van der Waals surface area contributed by atoms with Gasteiger partial charge in [0.25, 0.3) is 0 Å². The lowest BCUT2D eigenvalue weighted by molar-refractivity contribution is -0.131. The Morgan fingerprint density at radius 3 is 2.24 bits per heavy atom. The minimum absolute atomic E-state index is 0.101. The predicted octanol–water partition coefficient (Wildman–Crippen LogP) is 4.16. The first-order valence-corrected chi connectivity index (χ1v) is 6.10. The maximum Gasteiger partial charge on any atom is 0.328 e. The molecule has 0 radical (unpaired) electrons. The second-order valence-corrected chi connectivity index (χ2v) is 4.40. The van der Waals surface area contributed by atoms with Gasteiger partial charge in [-0.2, -0.15) is 0 Å². The highest BCUT2D eigenvalue weighted by Gasteiger charge is 2.13. The molecule has 5 heteroatoms. The maximum absolute atomic E-state index is 13.9. The van der Waals surface area contributed by atoms with Crippen molar-refractivity contribution in [2.45, 2.75) is 6.92 Å². The van der Waals surface area contributed by atoms with Crippen LogP contribution in [0.2, 0.25) is 0 Å². The molecule has 0 heterocycles. The molecule has 0 aliphatic rings. The number of hydrogen-bond acceptors (Lipinski definition) is 2. The van der Waals surface area contributed by atoms with E-state index in [9.17, 15) is 13.6 Å². The molecular weight excluding hydrogens is 278 g/mol. The molecule has 3 nitrogen and oxygen atoms in total. The van der Waals surface area contributed by atoms with Crippen molar-refractivity contribution in [1.82, 2.24) is 0 Å². The van der Waals surface area contributed by atoms with E-state index in [1.165, 1.54) is 0 Å². The Balaban J connectivity index is 2.28. The van der Waals surface area contributed by atoms with E-state index >= 15 is 0 Å². The lowest BCUT2D eigenvalue weighted by Gasteiger charge is -2.09. The number of carbonyl (C=O) groups is 1. The highest BCUT2D eigenvalue weighted by molar-refractivity contribution is 5.85. The average molecular weight is 290 g/mol. The van der Waals surface area contributed by atoms with E-state index < -0.39 is 23.4 Å². The standard InChI is InChI=1S/C16H12F2O3/c1-10-2-5-12(6-3-10)21-16-13(17)8-11(9-14(16)18)4-7-15(19)20/h2-9H,1H3,(H,19,20). The van der Waals surface area contributed by atoms with Crippen LogP contribution in [0.4, 0.5) is 8.78 Å². The van der Waals surface area contributed by atoms with E-state index in [4.69, 9.17) is 9.84 Å². The van der Waals surface area contributed by atoms with Gasteiger partial charge in [-0.3, -0.25) is 0 Å². The van der Waals surface area contributed by atoms with Crippen molar-refractivity contribution in [3.05, 3.63) is 65.2 Å². The summed E-state index contributed by atoms with van der Waals surface area (Å²) in [7, 11) is 0. The number of benzene rings is 2. The van der Waals surface area contributed by atoms with Crippen LogP contribution in [-0.2, 0) is 4.79 Å². The van der Waals surface area contributed by atoms with E-state index in [1.54, 1.807) is 24.3 Å². The van der Waals surface area contributed by atoms with Crippen molar-refractivity contribution >= 4 is 12.0 Å². The Morgan fingerprint density at radius 1 is 1.14 bits per heavy atom. The predicted molar refractivity (Wildman–Crippen MR) is 74.3 cm³/mol. The Hall–Kier alpha value is -2.69. The molecule has 0 bridgehead atoms. The molecule has 0 spiro atoms. The molecule has 0 unspecified atom stereocenters. The Bertz CT molecular complexity index is 668. The fourth-order valence-corrected chi connectivity index (χ4v) is 1.66. The third-order valence-electron chi connectivity index (χ3n) is 2.68. The van der Waals surface area contributed by atoms with Gasteiger partial charge in [0.2, 0.25) is 0 Å². The van der Waals surface area contributed by atoms with Gasteiger partial charge in [-0.25, -0.2) is 13.6 Å². The largest absolute Gasteiger partial charge is 0.478 e. The molecule has 108 valence electrons. The van der Waals surface area contributed by atoms with Gasteiger partial charge in [0.15, 0.2) is 17.4 Å². The first-order valence-electron chi connectivity index (χ1n) is 6.10. The summed E-state index contributed by atoms with van der Waals surface area (Å²) >= 11 is 0. The smallest absolute Gasteiger partial charge is 0.328 e. The van der Waals surface area contributed by atoms with Crippen LogP contribution >= 0.6 is 0 Å². The molecule has 0 fully saturated rings. The number of aliphatic carboxylic acids is 1. The van der Waals surface area contributed by atoms with E-state index in [-0.39, 0.29) is 5.56 Å². The molecule has 0 aliphatic heterocycles. The molecule has 2 aromatic carbocycles. The SMILES string of the molecule is Cc1ccc(Oc2c(F)cc(C=CC(=O)O)cc2F)cc1. The van der Waals surface area contributed by atoms with Crippen LogP contribution in [0.1, 0.15) is 11.1 Å². The molecule has 0 aliphatic carbocycles. The van der Waals surface area contributed by atoms with Crippen molar-refractivity contribution in [3.63, 3.8) is 0 Å². The molecule has 1 N–H and O–H groups in total. The molecule has 0 atom stereocenters. The van der Waals surface area contributed by atoms with Crippen molar-refractivity contribution in [3.8, 4) is 11.5 Å². The second kappa shape index (κ2) is 6.17. The van der Waals surface area contributed by atoms with Crippen molar-refractivity contribution in [2.75, 3.05) is 0 Å². The topological polar surface area (TPSA) is 46.5 Å². The van der Waals surface area contributed by atoms with E-state index in [2.05, 4.69) is 0 Å². The van der Waals surface area contributed by atoms with Gasteiger partial charge in [-0.15, -0.1) is 0 Å². The molecule has 0 saturated heterocycles. The van der Waals surface area contributed by atoms with Crippen LogP contribution in [-0.4, -0.2) is 11.1 Å². The molecule has 0 saturated carbocycles. The lowest BCUT2D eigenvalue weighted by Crippen LogP contribution is -1.94. The van der Waals surface area contributed by atoms with Crippen molar-refractivity contribution < 1.29 is 23.4 Å². The number of halogens is 2. The number of rotatable bonds is 4. The van der Waals surface area contributed by atoms with Crippen LogP contribution < -0.4 is 4.74 Å². The van der Waals surface area contributed by atoms with Gasteiger partial charge in [-0.05, 0) is 42.8 Å². The Labute approximate surface area is 120 Å². The van der Waals surface area contributed by atoms with Crippen LogP contribution in [0.5, 0.6) is 11.5 Å². The number of hydrogen-bond donors (Lipinski definition) is 1. The number of carboxylic acids is 1. The van der Waals surface area contributed by atoms with Crippen molar-refractivity contribution in [1.29, 1.82) is 0 Å². The number of carboxylic acid groups (broad SMARTS) is 1. The number of ether oxygens (including phenoxy) is 1. The molecule has 2 rings (SSSR count). The van der Waals surface area contributed by atoms with E-state index in [0.717, 1.165) is 29.8 Å². The van der Waals surface area contributed by atoms with Gasteiger partial charge in [0.05, 0.1) is 0 Å². The van der Waals surface area contributed by atoms with Gasteiger partial charge in [0.1, 0.15) is 5.75 Å². The highest BCUT2D eigenvalue weighted by atomic mass is 19.1. The average Bonchev–Trinajstić information content (AvgIpc) is 2.42. The minimum Gasteiger partial charge on any atom is -0.478 e. The minimum atomic E-state index is -1.20. The fourth-order valence-electron chi connectivity index (χ4n) is 1.66. The lowest BCUT2D eigenvalue weighted by atomic mass is 10.2. The summed E-state index contributed by atoms with van der Waals surface area (Å²) in [6.45, 7) is 1.88. The quantitative estimate of drug-likeness (QED) is 0.860. The van der Waals surface area contributed by atoms with E-state index in [0.29, 0.717) is 5.75 Å². The third kappa shape index (κ3) is 3.89. The Morgan fingerprint density at radius 2 is 1.71 bits per heavy atom. The highest BCUT2D eigenvalue weighted by Crippen LogP contribution is 2.29. The molecular formula is C16H12F2O3. The monoisotopic (exact) mass is 290 g/mol. The molecule has 21 heavy (non-hydrogen) atoms. The summed E-state index contributed by atoms with van der Waals surface area (Å²) in [6, 6.07) is 8.74. The zero-order valence-electron chi connectivity index (χ0n) is 11.1. The fraction of sp³-hybridized carbons (Fsp3) is 0.0625. The van der Waals surface area contributed by atoms with Crippen molar-refractivity contribution in [2.24, 2.45) is 0 Å². The van der Waals surface area contributed by atoms with Crippen LogP contribution in [0, 0.1) is 18.6 Å². The molecule has 0 amide bonds. The summed E-state index contributed by atoms with van der Waals surface area (Å²) in [5, 5.41) is 8.49. The zero-order valence-corrected chi connectivity index (χ0v) is 11.1. The summed E-state index contributed by atoms with van der Waals surface area (Å²) in [6.07, 6.45) is 1.90. The van der Waals surface area contributed by atoms with Crippen LogP contribution in [0.3, 0.4) is 0 Å². The van der Waals surface area contributed by atoms with Gasteiger partial charge in [0, 0.05) is 6.08 Å². The van der Waals surface area contributed by atoms with E-state index in [1.807, 2.05) is 6.92 Å². The van der Waals surface area contributed by atoms with Gasteiger partial charge >= 0.3 is 5.97 Å². The maximum atomic E-state index is 13.9. The summed E-state index contributed by atoms with van der Waals surface area (Å²) in [5.41, 5.74) is 1.10. The summed E-state index contributed by atoms with van der Waals surface area (Å²) in [4.78, 5) is 10.4. The van der Waals surface area contributed by atoms with Crippen LogP contribution in [0.15, 0.2) is 42.5 Å². The zero-order chi connectivity index (χ0) is 15.4. The third-order valence-corrected chi connectivity index (χ3v) is 2.68. The summed E-state index contributed by atoms with van der Waals surface area (Å²) in [5.74, 6) is -3.21. The molecule has 0 aromatic heterocycles. The molecule has 2 aromatic rings. The van der Waals surface area contributed by atoms with Gasteiger partial charge < -0.3 is 9.84 Å². The number of aryl methyl sites for hydroxylation is 1. The van der Waals surface area contributed by atoms with Crippen LogP contribution in [0.25, 0.3) is 6.08 Å². The first kappa shape index (κ1) is 14.7.